The minimum absolute atomic E-state index is 0.149. The zero-order valence-corrected chi connectivity index (χ0v) is 14.9. The summed E-state index contributed by atoms with van der Waals surface area (Å²) < 4.78 is 7.02. The molecule has 1 atom stereocenters. The molecule has 0 fully saturated rings. The van der Waals surface area contributed by atoms with E-state index in [0.29, 0.717) is 12.2 Å². The Morgan fingerprint density at radius 2 is 2.12 bits per heavy atom. The Balaban J connectivity index is 1.99. The minimum atomic E-state index is -0.279. The maximum Gasteiger partial charge on any atom is 0.252 e. The molecule has 1 N–H and O–H groups in total. The highest BCUT2D eigenvalue weighted by Crippen LogP contribution is 2.22. The molecule has 2 aromatic heterocycles. The third-order valence-electron chi connectivity index (χ3n) is 4.27. The summed E-state index contributed by atoms with van der Waals surface area (Å²) in [5.74, 6) is -0.149. The summed E-state index contributed by atoms with van der Waals surface area (Å²) in [6.45, 7) is 4.27. The number of para-hydroxylation sites is 1. The third kappa shape index (κ3) is 3.39. The topological polar surface area (TPSA) is 69.0 Å². The van der Waals surface area contributed by atoms with Gasteiger partial charge < -0.3 is 10.1 Å². The molecule has 1 amide bonds. The fraction of sp³-hybridized carbons (Fsp3) is 0.316. The van der Waals surface area contributed by atoms with Crippen molar-refractivity contribution in [3.05, 3.63) is 59.0 Å². The van der Waals surface area contributed by atoms with Crippen LogP contribution in [0.5, 0.6) is 0 Å². The van der Waals surface area contributed by atoms with E-state index in [1.165, 1.54) is 0 Å². The molecular weight excluding hydrogens is 316 g/mol. The Morgan fingerprint density at radius 1 is 1.32 bits per heavy atom. The second-order valence-corrected chi connectivity index (χ2v) is 6.14. The summed E-state index contributed by atoms with van der Waals surface area (Å²) in [4.78, 5) is 17.6. The number of amides is 1. The third-order valence-corrected chi connectivity index (χ3v) is 4.27. The molecule has 0 aliphatic heterocycles. The van der Waals surface area contributed by atoms with Crippen LogP contribution in [0, 0.1) is 13.8 Å². The van der Waals surface area contributed by atoms with E-state index < -0.39 is 0 Å². The summed E-state index contributed by atoms with van der Waals surface area (Å²) in [7, 11) is 3.46. The lowest BCUT2D eigenvalue weighted by Gasteiger charge is -2.19. The summed E-state index contributed by atoms with van der Waals surface area (Å²) in [6.07, 6.45) is 1.71. The number of aromatic nitrogens is 3. The molecule has 3 aromatic rings. The van der Waals surface area contributed by atoms with Crippen molar-refractivity contribution in [2.45, 2.75) is 19.9 Å². The number of hydrogen-bond donors (Lipinski definition) is 1. The average molecular weight is 338 g/mol. The number of nitrogens with zero attached hydrogens (tertiary/aromatic N) is 3. The van der Waals surface area contributed by atoms with E-state index in [0.717, 1.165) is 27.9 Å². The maximum absolute atomic E-state index is 13.0. The van der Waals surface area contributed by atoms with Crippen molar-refractivity contribution >= 4 is 16.8 Å². The van der Waals surface area contributed by atoms with Crippen LogP contribution in [0.3, 0.4) is 0 Å². The Hall–Kier alpha value is -2.73. The molecule has 6 nitrogen and oxygen atoms in total. The van der Waals surface area contributed by atoms with Gasteiger partial charge in [0, 0.05) is 31.4 Å². The van der Waals surface area contributed by atoms with Gasteiger partial charge in [-0.1, -0.05) is 18.2 Å². The van der Waals surface area contributed by atoms with E-state index in [4.69, 9.17) is 4.74 Å². The predicted molar refractivity (Wildman–Crippen MR) is 96.5 cm³/mol. The number of benzene rings is 1. The van der Waals surface area contributed by atoms with Crippen LogP contribution in [-0.2, 0) is 11.8 Å². The number of fused-ring (bicyclic) bond motifs is 1. The molecule has 3 rings (SSSR count). The van der Waals surface area contributed by atoms with Crippen molar-refractivity contribution in [2.75, 3.05) is 13.7 Å². The number of carbonyl (C=O) groups is 1. The van der Waals surface area contributed by atoms with Crippen molar-refractivity contribution < 1.29 is 9.53 Å². The molecule has 0 spiro atoms. The highest BCUT2D eigenvalue weighted by Gasteiger charge is 2.20. The molecule has 0 radical (unpaired) electrons. The van der Waals surface area contributed by atoms with Crippen molar-refractivity contribution in [2.24, 2.45) is 7.05 Å². The van der Waals surface area contributed by atoms with Crippen molar-refractivity contribution in [3.8, 4) is 0 Å². The lowest BCUT2D eigenvalue weighted by atomic mass is 10.0. The number of rotatable bonds is 5. The fourth-order valence-corrected chi connectivity index (χ4v) is 3.04. The Bertz CT molecular complexity index is 917. The molecule has 0 unspecified atom stereocenters. The van der Waals surface area contributed by atoms with E-state index in [2.05, 4.69) is 15.4 Å². The molecule has 0 bridgehead atoms. The summed E-state index contributed by atoms with van der Waals surface area (Å²) >= 11 is 0. The minimum Gasteiger partial charge on any atom is -0.382 e. The van der Waals surface area contributed by atoms with E-state index in [1.54, 1.807) is 18.0 Å². The van der Waals surface area contributed by atoms with Crippen LogP contribution in [0.4, 0.5) is 0 Å². The molecule has 25 heavy (non-hydrogen) atoms. The number of aryl methyl sites for hydroxylation is 3. The predicted octanol–water partition coefficient (Wildman–Crippen LogP) is 2.70. The molecule has 2 heterocycles. The fourth-order valence-electron chi connectivity index (χ4n) is 3.04. The zero-order chi connectivity index (χ0) is 18.0. The molecule has 6 heteroatoms. The number of methoxy groups -OCH3 is 1. The van der Waals surface area contributed by atoms with Crippen LogP contribution in [0.25, 0.3) is 10.9 Å². The van der Waals surface area contributed by atoms with Gasteiger partial charge in [-0.05, 0) is 31.5 Å². The molecule has 0 aliphatic rings. The quantitative estimate of drug-likeness (QED) is 0.776. The monoisotopic (exact) mass is 338 g/mol. The molecule has 130 valence electrons. The van der Waals surface area contributed by atoms with Crippen LogP contribution >= 0.6 is 0 Å². The van der Waals surface area contributed by atoms with Crippen molar-refractivity contribution in [1.29, 1.82) is 0 Å². The second-order valence-electron chi connectivity index (χ2n) is 6.14. The Morgan fingerprint density at radius 3 is 2.80 bits per heavy atom. The van der Waals surface area contributed by atoms with Gasteiger partial charge in [-0.2, -0.15) is 5.10 Å². The van der Waals surface area contributed by atoms with Gasteiger partial charge in [0.1, 0.15) is 0 Å². The van der Waals surface area contributed by atoms with Gasteiger partial charge in [0.2, 0.25) is 0 Å². The van der Waals surface area contributed by atoms with Crippen LogP contribution in [0.15, 0.2) is 36.5 Å². The number of pyridine rings is 1. The Kier molecular flexibility index (Phi) is 4.81. The molecule has 0 aliphatic carbocycles. The van der Waals surface area contributed by atoms with Gasteiger partial charge in [0.05, 0.1) is 29.4 Å². The van der Waals surface area contributed by atoms with E-state index in [-0.39, 0.29) is 11.9 Å². The summed E-state index contributed by atoms with van der Waals surface area (Å²) in [6, 6.07) is 9.30. The first kappa shape index (κ1) is 17.1. The van der Waals surface area contributed by atoms with Gasteiger partial charge in [0.15, 0.2) is 0 Å². The second kappa shape index (κ2) is 7.03. The van der Waals surface area contributed by atoms with E-state index in [1.807, 2.05) is 51.2 Å². The number of carbonyl (C=O) groups excluding carboxylic acids is 1. The molecule has 0 saturated carbocycles. The normalized spacial score (nSPS) is 12.3. The number of nitrogens with one attached hydrogen (secondary N) is 1. The van der Waals surface area contributed by atoms with Crippen LogP contribution in [-0.4, -0.2) is 34.4 Å². The number of hydrogen-bond acceptors (Lipinski definition) is 4. The SMILES string of the molecule is COC[C@@H](NC(=O)c1cc(C)nc2c(C)cccc12)c1ccnn1C. The van der Waals surface area contributed by atoms with E-state index in [9.17, 15) is 4.79 Å². The first-order valence-corrected chi connectivity index (χ1v) is 8.16. The average Bonchev–Trinajstić information content (AvgIpc) is 3.00. The first-order chi connectivity index (χ1) is 12.0. The number of ether oxygens (including phenoxy) is 1. The van der Waals surface area contributed by atoms with E-state index >= 15 is 0 Å². The maximum atomic E-state index is 13.0. The van der Waals surface area contributed by atoms with Gasteiger partial charge in [-0.15, -0.1) is 0 Å². The zero-order valence-electron chi connectivity index (χ0n) is 14.9. The smallest absolute Gasteiger partial charge is 0.252 e. The van der Waals surface area contributed by atoms with Crippen LogP contribution in [0.2, 0.25) is 0 Å². The largest absolute Gasteiger partial charge is 0.382 e. The van der Waals surface area contributed by atoms with Gasteiger partial charge in [-0.25, -0.2) is 0 Å². The highest BCUT2D eigenvalue weighted by atomic mass is 16.5. The molecule has 0 saturated heterocycles. The van der Waals surface area contributed by atoms with Crippen LogP contribution < -0.4 is 5.32 Å². The van der Waals surface area contributed by atoms with Crippen LogP contribution in [0.1, 0.15) is 33.4 Å². The summed E-state index contributed by atoms with van der Waals surface area (Å²) in [5.41, 5.74) is 4.23. The van der Waals surface area contributed by atoms with Gasteiger partial charge in [0.25, 0.3) is 5.91 Å². The van der Waals surface area contributed by atoms with Crippen molar-refractivity contribution in [1.82, 2.24) is 20.1 Å². The van der Waals surface area contributed by atoms with Crippen molar-refractivity contribution in [3.63, 3.8) is 0 Å². The molecular formula is C19H22N4O2. The standard InChI is InChI=1S/C19H22N4O2/c1-12-6-5-7-14-15(10-13(2)21-18(12)14)19(24)22-16(11-25-4)17-8-9-20-23(17)3/h5-10,16H,11H2,1-4H3,(H,22,24)/t16-/m1/s1. The lowest BCUT2D eigenvalue weighted by Crippen LogP contribution is -2.33. The van der Waals surface area contributed by atoms with Gasteiger partial charge >= 0.3 is 0 Å². The lowest BCUT2D eigenvalue weighted by molar-refractivity contribution is 0.0894. The first-order valence-electron chi connectivity index (χ1n) is 8.16. The van der Waals surface area contributed by atoms with Gasteiger partial charge in [-0.3, -0.25) is 14.5 Å². The Labute approximate surface area is 146 Å². The molecule has 1 aromatic carbocycles. The highest BCUT2D eigenvalue weighted by molar-refractivity contribution is 6.06. The summed E-state index contributed by atoms with van der Waals surface area (Å²) in [5, 5.41) is 8.09.